The second kappa shape index (κ2) is 4.37. The molecule has 2 aromatic heterocycles. The molecule has 90 valence electrons. The van der Waals surface area contributed by atoms with Crippen molar-refractivity contribution in [2.75, 3.05) is 12.3 Å². The zero-order valence-electron chi connectivity index (χ0n) is 9.80. The van der Waals surface area contributed by atoms with Gasteiger partial charge >= 0.3 is 0 Å². The van der Waals surface area contributed by atoms with Crippen molar-refractivity contribution in [1.29, 1.82) is 0 Å². The van der Waals surface area contributed by atoms with Crippen LogP contribution in [-0.2, 0) is 11.2 Å². The second-order valence-electron chi connectivity index (χ2n) is 4.62. The van der Waals surface area contributed by atoms with Crippen molar-refractivity contribution in [2.24, 2.45) is 0 Å². The van der Waals surface area contributed by atoms with Crippen molar-refractivity contribution < 1.29 is 4.74 Å². The highest BCUT2D eigenvalue weighted by molar-refractivity contribution is 5.52. The van der Waals surface area contributed by atoms with Crippen LogP contribution in [0.5, 0.6) is 0 Å². The molecule has 4 nitrogen and oxygen atoms in total. The third-order valence-electron chi connectivity index (χ3n) is 3.31. The van der Waals surface area contributed by atoms with Crippen LogP contribution in [0, 0.1) is 0 Å². The fraction of sp³-hybridized carbons (Fsp3) is 0.462. The Kier molecular flexibility index (Phi) is 2.73. The van der Waals surface area contributed by atoms with E-state index in [1.165, 1.54) is 12.8 Å². The van der Waals surface area contributed by atoms with Gasteiger partial charge in [-0.1, -0.05) is 0 Å². The van der Waals surface area contributed by atoms with E-state index >= 15 is 0 Å². The molecule has 0 amide bonds. The molecule has 0 radical (unpaired) electrons. The van der Waals surface area contributed by atoms with E-state index in [0.717, 1.165) is 36.5 Å². The van der Waals surface area contributed by atoms with Gasteiger partial charge in [-0.3, -0.25) is 0 Å². The molecule has 1 aliphatic rings. The highest BCUT2D eigenvalue weighted by Gasteiger charge is 2.16. The van der Waals surface area contributed by atoms with E-state index in [4.69, 9.17) is 10.5 Å². The van der Waals surface area contributed by atoms with E-state index in [0.29, 0.717) is 6.10 Å². The maximum Gasteiger partial charge on any atom is 0.115 e. The molecule has 0 aliphatic carbocycles. The number of nitrogens with two attached hydrogens (primary N) is 1. The van der Waals surface area contributed by atoms with Crippen molar-refractivity contribution in [1.82, 2.24) is 9.38 Å². The predicted octanol–water partition coefficient (Wildman–Crippen LogP) is 2.03. The molecule has 3 heterocycles. The first kappa shape index (κ1) is 10.6. The Morgan fingerprint density at radius 2 is 2.35 bits per heavy atom. The lowest BCUT2D eigenvalue weighted by Crippen LogP contribution is -2.22. The van der Waals surface area contributed by atoms with Crippen LogP contribution in [0.2, 0.25) is 0 Å². The predicted molar refractivity (Wildman–Crippen MR) is 66.9 cm³/mol. The molecule has 2 N–H and O–H groups in total. The van der Waals surface area contributed by atoms with Gasteiger partial charge in [0.25, 0.3) is 0 Å². The van der Waals surface area contributed by atoms with Gasteiger partial charge in [-0.05, 0) is 31.4 Å². The van der Waals surface area contributed by atoms with E-state index in [1.54, 1.807) is 0 Å². The lowest BCUT2D eigenvalue weighted by Gasteiger charge is -2.21. The Morgan fingerprint density at radius 3 is 3.18 bits per heavy atom. The van der Waals surface area contributed by atoms with Crippen molar-refractivity contribution in [3.8, 4) is 0 Å². The molecular weight excluding hydrogens is 214 g/mol. The number of pyridine rings is 1. The minimum atomic E-state index is 0.316. The van der Waals surface area contributed by atoms with E-state index in [2.05, 4.69) is 9.38 Å². The van der Waals surface area contributed by atoms with Gasteiger partial charge < -0.3 is 14.9 Å². The third-order valence-corrected chi connectivity index (χ3v) is 3.31. The summed E-state index contributed by atoms with van der Waals surface area (Å²) in [4.78, 5) is 4.46. The number of nitrogens with zero attached hydrogens (tertiary/aromatic N) is 2. The summed E-state index contributed by atoms with van der Waals surface area (Å²) in [6.45, 7) is 0.885. The first-order chi connectivity index (χ1) is 8.33. The average molecular weight is 231 g/mol. The number of anilines is 1. The highest BCUT2D eigenvalue weighted by atomic mass is 16.5. The Morgan fingerprint density at radius 1 is 1.41 bits per heavy atom. The van der Waals surface area contributed by atoms with Gasteiger partial charge in [0.15, 0.2) is 0 Å². The number of aromatic nitrogens is 2. The highest BCUT2D eigenvalue weighted by Crippen LogP contribution is 2.18. The van der Waals surface area contributed by atoms with Crippen molar-refractivity contribution >= 4 is 11.2 Å². The standard InChI is InChI=1S/C13H17N3O/c14-10-4-5-11-8-15-13(16(11)9-10)7-12-3-1-2-6-17-12/h4-5,8-9,12H,1-3,6-7,14H2. The Balaban J connectivity index is 1.86. The molecule has 2 aromatic rings. The van der Waals surface area contributed by atoms with Crippen LogP contribution in [0.3, 0.4) is 0 Å². The van der Waals surface area contributed by atoms with Crippen LogP contribution in [-0.4, -0.2) is 22.1 Å². The lowest BCUT2D eigenvalue weighted by atomic mass is 10.1. The van der Waals surface area contributed by atoms with Crippen LogP contribution < -0.4 is 5.73 Å². The van der Waals surface area contributed by atoms with Gasteiger partial charge in [0.1, 0.15) is 5.82 Å². The molecule has 0 spiro atoms. The average Bonchev–Trinajstić information content (AvgIpc) is 2.73. The summed E-state index contributed by atoms with van der Waals surface area (Å²) in [5.74, 6) is 1.04. The summed E-state index contributed by atoms with van der Waals surface area (Å²) in [7, 11) is 0. The van der Waals surface area contributed by atoms with Gasteiger partial charge in [-0.15, -0.1) is 0 Å². The van der Waals surface area contributed by atoms with Gasteiger partial charge in [0.05, 0.1) is 17.8 Å². The van der Waals surface area contributed by atoms with Crippen LogP contribution >= 0.6 is 0 Å². The molecule has 1 unspecified atom stereocenters. The van der Waals surface area contributed by atoms with Crippen molar-refractivity contribution in [3.05, 3.63) is 30.4 Å². The molecule has 1 fully saturated rings. The largest absolute Gasteiger partial charge is 0.398 e. The minimum Gasteiger partial charge on any atom is -0.398 e. The second-order valence-corrected chi connectivity index (χ2v) is 4.62. The molecular formula is C13H17N3O. The molecule has 0 bridgehead atoms. The number of hydrogen-bond acceptors (Lipinski definition) is 3. The number of nitrogen functional groups attached to an aromatic ring is 1. The van der Waals surface area contributed by atoms with Gasteiger partial charge in [0.2, 0.25) is 0 Å². The molecule has 1 atom stereocenters. The smallest absolute Gasteiger partial charge is 0.115 e. The monoisotopic (exact) mass is 231 g/mol. The zero-order valence-corrected chi connectivity index (χ0v) is 9.80. The zero-order chi connectivity index (χ0) is 11.7. The molecule has 17 heavy (non-hydrogen) atoms. The SMILES string of the molecule is Nc1ccc2cnc(CC3CCCCO3)n2c1. The molecule has 0 saturated carbocycles. The molecule has 4 heteroatoms. The number of ether oxygens (including phenoxy) is 1. The van der Waals surface area contributed by atoms with E-state index in [1.807, 2.05) is 24.5 Å². The fourth-order valence-electron chi connectivity index (χ4n) is 2.38. The first-order valence-corrected chi connectivity index (χ1v) is 6.16. The summed E-state index contributed by atoms with van der Waals surface area (Å²) in [5.41, 5.74) is 7.66. The molecule has 1 saturated heterocycles. The van der Waals surface area contributed by atoms with Crippen molar-refractivity contribution in [3.63, 3.8) is 0 Å². The Bertz CT molecular complexity index is 514. The minimum absolute atomic E-state index is 0.316. The number of rotatable bonds is 2. The fourth-order valence-corrected chi connectivity index (χ4v) is 2.38. The van der Waals surface area contributed by atoms with E-state index in [9.17, 15) is 0 Å². The van der Waals surface area contributed by atoms with Crippen molar-refractivity contribution in [2.45, 2.75) is 31.8 Å². The summed E-state index contributed by atoms with van der Waals surface area (Å²) in [6.07, 6.45) is 8.59. The van der Waals surface area contributed by atoms with E-state index < -0.39 is 0 Å². The van der Waals surface area contributed by atoms with Crippen LogP contribution in [0.4, 0.5) is 5.69 Å². The van der Waals surface area contributed by atoms with Gasteiger partial charge in [0, 0.05) is 24.9 Å². The molecule has 1 aliphatic heterocycles. The number of imidazole rings is 1. The number of fused-ring (bicyclic) bond motifs is 1. The van der Waals surface area contributed by atoms with Crippen LogP contribution in [0.15, 0.2) is 24.5 Å². The molecule has 3 rings (SSSR count). The molecule has 0 aromatic carbocycles. The van der Waals surface area contributed by atoms with Crippen LogP contribution in [0.1, 0.15) is 25.1 Å². The maximum atomic E-state index is 5.81. The topological polar surface area (TPSA) is 52.5 Å². The normalized spacial score (nSPS) is 20.8. The third kappa shape index (κ3) is 2.13. The van der Waals surface area contributed by atoms with E-state index in [-0.39, 0.29) is 0 Å². The lowest BCUT2D eigenvalue weighted by molar-refractivity contribution is 0.0156. The number of hydrogen-bond donors (Lipinski definition) is 1. The Hall–Kier alpha value is -1.55. The van der Waals surface area contributed by atoms with Crippen LogP contribution in [0.25, 0.3) is 5.52 Å². The van der Waals surface area contributed by atoms with Gasteiger partial charge in [-0.25, -0.2) is 4.98 Å². The first-order valence-electron chi connectivity index (χ1n) is 6.16. The summed E-state index contributed by atoms with van der Waals surface area (Å²) >= 11 is 0. The Labute approximate surface area is 100 Å². The quantitative estimate of drug-likeness (QED) is 0.860. The summed E-state index contributed by atoms with van der Waals surface area (Å²) in [5, 5.41) is 0. The summed E-state index contributed by atoms with van der Waals surface area (Å²) < 4.78 is 7.81. The maximum absolute atomic E-state index is 5.81. The summed E-state index contributed by atoms with van der Waals surface area (Å²) in [6, 6.07) is 3.89. The van der Waals surface area contributed by atoms with Gasteiger partial charge in [-0.2, -0.15) is 0 Å².